The van der Waals surface area contributed by atoms with Crippen LogP contribution in [0.5, 0.6) is 0 Å². The molecule has 1 heterocycles. The second kappa shape index (κ2) is 4.88. The molecule has 0 aliphatic carbocycles. The SMILES string of the molecule is NCc1cc(C(F)(F)F)ccc1-n1cc(I)cn1. The van der Waals surface area contributed by atoms with Crippen molar-refractivity contribution in [3.63, 3.8) is 0 Å². The predicted octanol–water partition coefficient (Wildman–Crippen LogP) is 2.95. The van der Waals surface area contributed by atoms with Crippen LogP contribution < -0.4 is 5.73 Å². The fraction of sp³-hybridized carbons (Fsp3) is 0.182. The second-order valence-electron chi connectivity index (χ2n) is 3.65. The molecule has 0 fully saturated rings. The molecule has 0 unspecified atom stereocenters. The van der Waals surface area contributed by atoms with Crippen molar-refractivity contribution < 1.29 is 13.2 Å². The monoisotopic (exact) mass is 367 g/mol. The van der Waals surface area contributed by atoms with Gasteiger partial charge in [0, 0.05) is 12.7 Å². The first-order valence-electron chi connectivity index (χ1n) is 5.02. The first-order valence-corrected chi connectivity index (χ1v) is 6.10. The lowest BCUT2D eigenvalue weighted by Gasteiger charge is -2.12. The van der Waals surface area contributed by atoms with Gasteiger partial charge in [0.2, 0.25) is 0 Å². The van der Waals surface area contributed by atoms with Crippen LogP contribution in [0.2, 0.25) is 0 Å². The largest absolute Gasteiger partial charge is 0.416 e. The third kappa shape index (κ3) is 2.66. The highest BCUT2D eigenvalue weighted by molar-refractivity contribution is 14.1. The summed E-state index contributed by atoms with van der Waals surface area (Å²) in [6.45, 7) is 0.0235. The molecule has 2 N–H and O–H groups in total. The molecule has 18 heavy (non-hydrogen) atoms. The number of nitrogens with zero attached hydrogens (tertiary/aromatic N) is 2. The molecule has 0 aliphatic heterocycles. The van der Waals surface area contributed by atoms with Gasteiger partial charge in [-0.05, 0) is 46.4 Å². The fourth-order valence-electron chi connectivity index (χ4n) is 1.58. The van der Waals surface area contributed by atoms with Crippen molar-refractivity contribution in [3.8, 4) is 5.69 Å². The summed E-state index contributed by atoms with van der Waals surface area (Å²) in [6.07, 6.45) is -1.01. The average Bonchev–Trinajstić information content (AvgIpc) is 2.73. The van der Waals surface area contributed by atoms with Crippen molar-refractivity contribution in [2.75, 3.05) is 0 Å². The maximum atomic E-state index is 12.6. The zero-order chi connectivity index (χ0) is 13.3. The highest BCUT2D eigenvalue weighted by Gasteiger charge is 2.31. The summed E-state index contributed by atoms with van der Waals surface area (Å²) in [5.41, 5.74) is 5.77. The lowest BCUT2D eigenvalue weighted by molar-refractivity contribution is -0.137. The second-order valence-corrected chi connectivity index (χ2v) is 4.89. The minimum Gasteiger partial charge on any atom is -0.326 e. The highest BCUT2D eigenvalue weighted by atomic mass is 127. The molecule has 0 bridgehead atoms. The van der Waals surface area contributed by atoms with Gasteiger partial charge in [-0.2, -0.15) is 18.3 Å². The van der Waals surface area contributed by atoms with Crippen LogP contribution in [-0.2, 0) is 12.7 Å². The van der Waals surface area contributed by atoms with Crippen LogP contribution >= 0.6 is 22.6 Å². The maximum absolute atomic E-state index is 12.6. The molecule has 0 saturated carbocycles. The number of hydrogen-bond donors (Lipinski definition) is 1. The average molecular weight is 367 g/mol. The Hall–Kier alpha value is -1.09. The van der Waals surface area contributed by atoms with Gasteiger partial charge in [0.25, 0.3) is 0 Å². The van der Waals surface area contributed by atoms with E-state index in [4.69, 9.17) is 5.73 Å². The van der Waals surface area contributed by atoms with Crippen LogP contribution in [-0.4, -0.2) is 9.78 Å². The number of benzene rings is 1. The number of nitrogens with two attached hydrogens (primary N) is 1. The molecule has 1 aromatic heterocycles. The maximum Gasteiger partial charge on any atom is 0.416 e. The minimum atomic E-state index is -4.36. The Morgan fingerprint density at radius 3 is 2.56 bits per heavy atom. The molecular formula is C11H9F3IN3. The molecular weight excluding hydrogens is 358 g/mol. The molecule has 7 heteroatoms. The summed E-state index contributed by atoms with van der Waals surface area (Å²) in [5, 5.41) is 4.06. The van der Waals surface area contributed by atoms with Crippen molar-refractivity contribution in [1.82, 2.24) is 9.78 Å². The molecule has 96 valence electrons. The molecule has 2 rings (SSSR count). The fourth-order valence-corrected chi connectivity index (χ4v) is 1.97. The first-order chi connectivity index (χ1) is 8.41. The summed E-state index contributed by atoms with van der Waals surface area (Å²) >= 11 is 2.08. The molecule has 1 aromatic carbocycles. The molecule has 0 amide bonds. The quantitative estimate of drug-likeness (QED) is 0.830. The summed E-state index contributed by atoms with van der Waals surface area (Å²) in [7, 11) is 0. The van der Waals surface area contributed by atoms with E-state index in [1.165, 1.54) is 10.7 Å². The van der Waals surface area contributed by atoms with Crippen LogP contribution in [0, 0.1) is 3.57 Å². The van der Waals surface area contributed by atoms with Gasteiger partial charge in [0.15, 0.2) is 0 Å². The Morgan fingerprint density at radius 1 is 1.33 bits per heavy atom. The van der Waals surface area contributed by atoms with E-state index in [-0.39, 0.29) is 6.54 Å². The topological polar surface area (TPSA) is 43.8 Å². The molecule has 0 saturated heterocycles. The van der Waals surface area contributed by atoms with Crippen molar-refractivity contribution in [1.29, 1.82) is 0 Å². The van der Waals surface area contributed by atoms with Crippen LogP contribution in [0.1, 0.15) is 11.1 Å². The van der Waals surface area contributed by atoms with Gasteiger partial charge in [-0.15, -0.1) is 0 Å². The Balaban J connectivity index is 2.50. The van der Waals surface area contributed by atoms with E-state index in [9.17, 15) is 13.2 Å². The first kappa shape index (κ1) is 13.3. The molecule has 2 aromatic rings. The van der Waals surface area contributed by atoms with Gasteiger partial charge in [0.1, 0.15) is 0 Å². The summed E-state index contributed by atoms with van der Waals surface area (Å²) < 4.78 is 40.2. The number of alkyl halides is 3. The minimum absolute atomic E-state index is 0.0235. The normalized spacial score (nSPS) is 11.8. The predicted molar refractivity (Wildman–Crippen MR) is 69.2 cm³/mol. The number of aromatic nitrogens is 2. The summed E-state index contributed by atoms with van der Waals surface area (Å²) in [6, 6.07) is 3.47. The van der Waals surface area contributed by atoms with Crippen LogP contribution in [0.25, 0.3) is 5.69 Å². The van der Waals surface area contributed by atoms with E-state index in [0.717, 1.165) is 15.7 Å². The van der Waals surface area contributed by atoms with E-state index in [0.29, 0.717) is 11.3 Å². The molecule has 0 atom stereocenters. The lowest BCUT2D eigenvalue weighted by Crippen LogP contribution is -2.10. The molecule has 3 nitrogen and oxygen atoms in total. The molecule has 0 aliphatic rings. The van der Waals surface area contributed by atoms with Gasteiger partial charge in [-0.3, -0.25) is 0 Å². The Bertz CT molecular complexity index is 563. The smallest absolute Gasteiger partial charge is 0.326 e. The Morgan fingerprint density at radius 2 is 2.06 bits per heavy atom. The third-order valence-corrected chi connectivity index (χ3v) is 2.98. The molecule has 0 spiro atoms. The van der Waals surface area contributed by atoms with Crippen LogP contribution in [0.15, 0.2) is 30.6 Å². The standard InChI is InChI=1S/C11H9F3IN3/c12-11(13,14)8-1-2-10(7(3-8)4-16)18-6-9(15)5-17-18/h1-3,5-6H,4,16H2. The van der Waals surface area contributed by atoms with Crippen molar-refractivity contribution >= 4 is 22.6 Å². The van der Waals surface area contributed by atoms with Crippen molar-refractivity contribution in [3.05, 3.63) is 45.3 Å². The van der Waals surface area contributed by atoms with E-state index in [1.54, 1.807) is 12.4 Å². The van der Waals surface area contributed by atoms with Crippen LogP contribution in [0.4, 0.5) is 13.2 Å². The Kier molecular flexibility index (Phi) is 3.62. The number of halogens is 4. The lowest BCUT2D eigenvalue weighted by atomic mass is 10.1. The zero-order valence-corrected chi connectivity index (χ0v) is 11.2. The zero-order valence-electron chi connectivity index (χ0n) is 9.08. The van der Waals surface area contributed by atoms with Crippen molar-refractivity contribution in [2.45, 2.75) is 12.7 Å². The third-order valence-electron chi connectivity index (χ3n) is 2.42. The van der Waals surface area contributed by atoms with E-state index in [2.05, 4.69) is 27.7 Å². The molecule has 0 radical (unpaired) electrons. The van der Waals surface area contributed by atoms with Gasteiger partial charge >= 0.3 is 6.18 Å². The summed E-state index contributed by atoms with van der Waals surface area (Å²) in [5.74, 6) is 0. The van der Waals surface area contributed by atoms with E-state index in [1.807, 2.05) is 0 Å². The number of hydrogen-bond acceptors (Lipinski definition) is 2. The van der Waals surface area contributed by atoms with Gasteiger partial charge in [0.05, 0.1) is 21.0 Å². The Labute approximate surface area is 115 Å². The number of rotatable bonds is 2. The highest BCUT2D eigenvalue weighted by Crippen LogP contribution is 2.31. The van der Waals surface area contributed by atoms with E-state index < -0.39 is 11.7 Å². The summed E-state index contributed by atoms with van der Waals surface area (Å²) in [4.78, 5) is 0. The van der Waals surface area contributed by atoms with E-state index >= 15 is 0 Å². The van der Waals surface area contributed by atoms with Crippen LogP contribution in [0.3, 0.4) is 0 Å². The van der Waals surface area contributed by atoms with Gasteiger partial charge in [-0.1, -0.05) is 0 Å². The van der Waals surface area contributed by atoms with Gasteiger partial charge < -0.3 is 5.73 Å². The van der Waals surface area contributed by atoms with Gasteiger partial charge in [-0.25, -0.2) is 4.68 Å². The van der Waals surface area contributed by atoms with Crippen molar-refractivity contribution in [2.24, 2.45) is 5.73 Å².